The Hall–Kier alpha value is -3.32. The predicted octanol–water partition coefficient (Wildman–Crippen LogP) is 6.40. The van der Waals surface area contributed by atoms with E-state index in [2.05, 4.69) is 15.6 Å². The summed E-state index contributed by atoms with van der Waals surface area (Å²) in [6.45, 7) is 0.395. The van der Waals surface area contributed by atoms with E-state index in [1.807, 2.05) is 30.3 Å². The average Bonchev–Trinajstić information content (AvgIpc) is 3.18. The number of benzene rings is 3. The molecular weight excluding hydrogens is 483 g/mol. The molecule has 0 aliphatic carbocycles. The summed E-state index contributed by atoms with van der Waals surface area (Å²) >= 11 is 18.1. The lowest BCUT2D eigenvalue weighted by Crippen LogP contribution is -2.20. The normalized spacial score (nSPS) is 10.6. The lowest BCUT2D eigenvalue weighted by Gasteiger charge is -2.13. The highest BCUT2D eigenvalue weighted by atomic mass is 35.5. The van der Waals surface area contributed by atoms with E-state index >= 15 is 0 Å². The van der Waals surface area contributed by atoms with Crippen LogP contribution in [0.1, 0.15) is 26.4 Å². The summed E-state index contributed by atoms with van der Waals surface area (Å²) in [5.74, 6) is -0.741. The Morgan fingerprint density at radius 1 is 0.818 bits per heavy atom. The number of hydrogen-bond acceptors (Lipinski definition) is 3. The van der Waals surface area contributed by atoms with Crippen LogP contribution in [0.15, 0.2) is 79.1 Å². The van der Waals surface area contributed by atoms with E-state index in [1.165, 1.54) is 18.5 Å². The van der Waals surface area contributed by atoms with Crippen LogP contribution in [0.25, 0.3) is 0 Å². The monoisotopic (exact) mass is 498 g/mol. The number of imidazole rings is 1. The zero-order valence-electron chi connectivity index (χ0n) is 17.1. The molecule has 6 nitrogen and oxygen atoms in total. The standard InChI is InChI=1S/C24H17Cl3N4O2/c25-16-6-9-18(10-7-16)29-24(33)21-22(30-23(32)19-11-8-17(26)12-20(19)27)31(14-28-21)13-15-4-2-1-3-5-15/h1-12,14H,13H2,(H,29,33)(H,30,32). The van der Waals surface area contributed by atoms with Crippen LogP contribution in [-0.4, -0.2) is 21.4 Å². The molecule has 0 spiro atoms. The Labute approximate surface area is 205 Å². The van der Waals surface area contributed by atoms with Gasteiger partial charge in [0.05, 0.1) is 23.5 Å². The third kappa shape index (κ3) is 5.54. The molecule has 0 unspecified atom stereocenters. The first kappa shape index (κ1) is 22.9. The summed E-state index contributed by atoms with van der Waals surface area (Å²) in [6.07, 6.45) is 1.50. The van der Waals surface area contributed by atoms with Gasteiger partial charge in [0.2, 0.25) is 0 Å². The van der Waals surface area contributed by atoms with Crippen molar-refractivity contribution in [3.63, 3.8) is 0 Å². The van der Waals surface area contributed by atoms with Gasteiger partial charge in [0.15, 0.2) is 5.69 Å². The van der Waals surface area contributed by atoms with Crippen molar-refractivity contribution in [3.05, 3.63) is 111 Å². The molecule has 2 amide bonds. The van der Waals surface area contributed by atoms with Crippen LogP contribution < -0.4 is 10.6 Å². The van der Waals surface area contributed by atoms with Crippen molar-refractivity contribution in [3.8, 4) is 0 Å². The number of hydrogen-bond donors (Lipinski definition) is 2. The van der Waals surface area contributed by atoms with Gasteiger partial charge in [-0.1, -0.05) is 65.1 Å². The first-order valence-electron chi connectivity index (χ1n) is 9.83. The van der Waals surface area contributed by atoms with Crippen molar-refractivity contribution < 1.29 is 9.59 Å². The lowest BCUT2D eigenvalue weighted by atomic mass is 10.2. The Morgan fingerprint density at radius 2 is 1.52 bits per heavy atom. The van der Waals surface area contributed by atoms with E-state index < -0.39 is 11.8 Å². The fourth-order valence-electron chi connectivity index (χ4n) is 3.15. The van der Waals surface area contributed by atoms with Crippen molar-refractivity contribution in [2.75, 3.05) is 10.6 Å². The minimum absolute atomic E-state index is 0.0549. The quantitative estimate of drug-likeness (QED) is 0.322. The van der Waals surface area contributed by atoms with E-state index in [0.717, 1.165) is 5.56 Å². The molecule has 1 heterocycles. The van der Waals surface area contributed by atoms with Crippen molar-refractivity contribution in [2.24, 2.45) is 0 Å². The Kier molecular flexibility index (Phi) is 6.99. The van der Waals surface area contributed by atoms with Crippen LogP contribution in [0.5, 0.6) is 0 Å². The van der Waals surface area contributed by atoms with E-state index in [-0.39, 0.29) is 22.1 Å². The molecule has 0 saturated carbocycles. The number of aromatic nitrogens is 2. The maximum Gasteiger partial charge on any atom is 0.278 e. The van der Waals surface area contributed by atoms with Crippen LogP contribution in [0.2, 0.25) is 15.1 Å². The fraction of sp³-hybridized carbons (Fsp3) is 0.0417. The molecule has 4 aromatic rings. The van der Waals surface area contributed by atoms with E-state index in [4.69, 9.17) is 34.8 Å². The van der Waals surface area contributed by atoms with Crippen LogP contribution in [-0.2, 0) is 6.54 Å². The number of anilines is 2. The van der Waals surface area contributed by atoms with Crippen molar-refractivity contribution in [1.82, 2.24) is 9.55 Å². The third-order valence-corrected chi connectivity index (χ3v) is 5.56. The first-order chi connectivity index (χ1) is 15.9. The van der Waals surface area contributed by atoms with Crippen LogP contribution in [0.3, 0.4) is 0 Å². The van der Waals surface area contributed by atoms with Gasteiger partial charge in [-0.3, -0.25) is 9.59 Å². The second-order valence-electron chi connectivity index (χ2n) is 7.09. The minimum atomic E-state index is -0.493. The number of carbonyl (C=O) groups is 2. The summed E-state index contributed by atoms with van der Waals surface area (Å²) in [4.78, 5) is 30.3. The minimum Gasteiger partial charge on any atom is -0.321 e. The molecule has 0 saturated heterocycles. The molecule has 0 atom stereocenters. The van der Waals surface area contributed by atoms with Crippen LogP contribution in [0.4, 0.5) is 11.5 Å². The largest absolute Gasteiger partial charge is 0.321 e. The highest BCUT2D eigenvalue weighted by Crippen LogP contribution is 2.24. The van der Waals surface area contributed by atoms with Gasteiger partial charge in [-0.2, -0.15) is 0 Å². The summed E-state index contributed by atoms with van der Waals surface area (Å²) in [7, 11) is 0. The molecule has 2 N–H and O–H groups in total. The van der Waals surface area contributed by atoms with Gasteiger partial charge in [-0.25, -0.2) is 4.98 Å². The predicted molar refractivity (Wildman–Crippen MR) is 132 cm³/mol. The summed E-state index contributed by atoms with van der Waals surface area (Å²) in [6, 6.07) is 20.8. The molecule has 33 heavy (non-hydrogen) atoms. The summed E-state index contributed by atoms with van der Waals surface area (Å²) in [5.41, 5.74) is 1.79. The molecule has 0 radical (unpaired) electrons. The van der Waals surface area contributed by atoms with Crippen molar-refractivity contribution >= 4 is 58.1 Å². The number of nitrogens with zero attached hydrogens (tertiary/aromatic N) is 2. The van der Waals surface area contributed by atoms with E-state index in [1.54, 1.807) is 34.9 Å². The lowest BCUT2D eigenvalue weighted by molar-refractivity contribution is 0.102. The zero-order valence-corrected chi connectivity index (χ0v) is 19.3. The molecule has 0 aliphatic heterocycles. The third-order valence-electron chi connectivity index (χ3n) is 4.76. The molecule has 0 bridgehead atoms. The zero-order chi connectivity index (χ0) is 23.4. The number of halogens is 3. The number of nitrogens with one attached hydrogen (secondary N) is 2. The Morgan fingerprint density at radius 3 is 2.21 bits per heavy atom. The SMILES string of the molecule is O=C(Nc1c(C(=O)Nc2ccc(Cl)cc2)ncn1Cc1ccccc1)c1ccc(Cl)cc1Cl. The molecule has 0 fully saturated rings. The molecule has 4 rings (SSSR count). The van der Waals surface area contributed by atoms with Gasteiger partial charge in [0.25, 0.3) is 11.8 Å². The van der Waals surface area contributed by atoms with Gasteiger partial charge in [0.1, 0.15) is 5.82 Å². The molecule has 1 aromatic heterocycles. The van der Waals surface area contributed by atoms with Gasteiger partial charge in [0, 0.05) is 15.7 Å². The second kappa shape index (κ2) is 10.1. The van der Waals surface area contributed by atoms with Gasteiger partial charge in [-0.05, 0) is 48.0 Å². The van der Waals surface area contributed by atoms with E-state index in [0.29, 0.717) is 22.3 Å². The maximum absolute atomic E-state index is 13.0. The number of amides is 2. The van der Waals surface area contributed by atoms with Crippen LogP contribution in [0, 0.1) is 0 Å². The molecule has 166 valence electrons. The van der Waals surface area contributed by atoms with Gasteiger partial charge >= 0.3 is 0 Å². The van der Waals surface area contributed by atoms with Crippen molar-refractivity contribution in [1.29, 1.82) is 0 Å². The molecular formula is C24H17Cl3N4O2. The van der Waals surface area contributed by atoms with Crippen molar-refractivity contribution in [2.45, 2.75) is 6.54 Å². The molecule has 9 heteroatoms. The molecule has 3 aromatic carbocycles. The highest BCUT2D eigenvalue weighted by molar-refractivity contribution is 6.37. The Balaban J connectivity index is 1.66. The Bertz CT molecular complexity index is 1310. The summed E-state index contributed by atoms with van der Waals surface area (Å²) < 4.78 is 1.69. The van der Waals surface area contributed by atoms with Gasteiger partial charge < -0.3 is 15.2 Å². The highest BCUT2D eigenvalue weighted by Gasteiger charge is 2.22. The first-order valence-corrected chi connectivity index (χ1v) is 11.0. The second-order valence-corrected chi connectivity index (χ2v) is 8.37. The fourth-order valence-corrected chi connectivity index (χ4v) is 3.77. The van der Waals surface area contributed by atoms with E-state index in [9.17, 15) is 9.59 Å². The number of carbonyl (C=O) groups excluding carboxylic acids is 2. The van der Waals surface area contributed by atoms with Gasteiger partial charge in [-0.15, -0.1) is 0 Å². The maximum atomic E-state index is 13.0. The topological polar surface area (TPSA) is 76.0 Å². The molecule has 0 aliphatic rings. The van der Waals surface area contributed by atoms with Crippen LogP contribution >= 0.6 is 34.8 Å². The average molecular weight is 500 g/mol. The number of rotatable bonds is 6. The summed E-state index contributed by atoms with van der Waals surface area (Å²) in [5, 5.41) is 6.71. The smallest absolute Gasteiger partial charge is 0.278 e.